The molecule has 1 aliphatic carbocycles. The van der Waals surface area contributed by atoms with Crippen LogP contribution in [0.3, 0.4) is 0 Å². The van der Waals surface area contributed by atoms with Crippen LogP contribution < -0.4 is 16.0 Å². The summed E-state index contributed by atoms with van der Waals surface area (Å²) in [4.78, 5) is 29.3. The lowest BCUT2D eigenvalue weighted by atomic mass is 9.89. The molecule has 8 heteroatoms. The van der Waals surface area contributed by atoms with Crippen molar-refractivity contribution in [2.45, 2.75) is 39.0 Å². The van der Waals surface area contributed by atoms with Gasteiger partial charge >= 0.3 is 0 Å². The SMILES string of the molecule is CCNC(=NCC(=O)N(C)C)NCCNC(=O)C1CCCCC1.I. The lowest BCUT2D eigenvalue weighted by Gasteiger charge is -2.21. The normalized spacial score (nSPS) is 15.2. The maximum absolute atomic E-state index is 12.0. The molecule has 1 saturated carbocycles. The minimum atomic E-state index is -0.0483. The van der Waals surface area contributed by atoms with Crippen LogP contribution in [-0.4, -0.2) is 62.9 Å². The summed E-state index contributed by atoms with van der Waals surface area (Å²) >= 11 is 0. The number of amides is 2. The Labute approximate surface area is 162 Å². The fourth-order valence-electron chi connectivity index (χ4n) is 2.51. The van der Waals surface area contributed by atoms with E-state index in [-0.39, 0.29) is 48.3 Å². The van der Waals surface area contributed by atoms with Gasteiger partial charge in [-0.05, 0) is 19.8 Å². The average Bonchev–Trinajstić information content (AvgIpc) is 2.56. The fourth-order valence-corrected chi connectivity index (χ4v) is 2.51. The Hall–Kier alpha value is -1.06. The second-order valence-electron chi connectivity index (χ2n) is 6.04. The monoisotopic (exact) mass is 453 g/mol. The number of carbonyl (C=O) groups excluding carboxylic acids is 2. The first kappa shape index (κ1) is 22.9. The second-order valence-corrected chi connectivity index (χ2v) is 6.04. The molecule has 0 unspecified atom stereocenters. The van der Waals surface area contributed by atoms with E-state index in [4.69, 9.17) is 0 Å². The van der Waals surface area contributed by atoms with Gasteiger partial charge in [-0.2, -0.15) is 0 Å². The Kier molecular flexibility index (Phi) is 12.7. The standard InChI is InChI=1S/C16H31N5O2.HI/c1-4-17-16(20-12-14(22)21(2)3)19-11-10-18-15(23)13-8-6-5-7-9-13;/h13H,4-12H2,1-3H3,(H,18,23)(H2,17,19,20);1H. The van der Waals surface area contributed by atoms with Crippen LogP contribution in [0.5, 0.6) is 0 Å². The molecule has 0 aromatic carbocycles. The van der Waals surface area contributed by atoms with Crippen molar-refractivity contribution in [1.82, 2.24) is 20.9 Å². The average molecular weight is 453 g/mol. The third-order valence-electron chi connectivity index (χ3n) is 3.91. The summed E-state index contributed by atoms with van der Waals surface area (Å²) in [5.74, 6) is 0.891. The highest BCUT2D eigenvalue weighted by atomic mass is 127. The first-order valence-corrected chi connectivity index (χ1v) is 8.54. The highest BCUT2D eigenvalue weighted by Gasteiger charge is 2.20. The number of hydrogen-bond acceptors (Lipinski definition) is 3. The number of halogens is 1. The molecule has 2 amide bonds. The van der Waals surface area contributed by atoms with Gasteiger partial charge in [0.15, 0.2) is 5.96 Å². The zero-order chi connectivity index (χ0) is 17.1. The highest BCUT2D eigenvalue weighted by Crippen LogP contribution is 2.23. The predicted molar refractivity (Wildman–Crippen MR) is 108 cm³/mol. The minimum absolute atomic E-state index is 0. The van der Waals surface area contributed by atoms with Crippen LogP contribution in [0.1, 0.15) is 39.0 Å². The fraction of sp³-hybridized carbons (Fsp3) is 0.812. The maximum Gasteiger partial charge on any atom is 0.243 e. The minimum Gasteiger partial charge on any atom is -0.357 e. The Bertz CT molecular complexity index is 409. The Morgan fingerprint density at radius 1 is 1.04 bits per heavy atom. The molecule has 0 spiro atoms. The molecule has 0 heterocycles. The quantitative estimate of drug-likeness (QED) is 0.232. The van der Waals surface area contributed by atoms with Crippen molar-refractivity contribution in [2.75, 3.05) is 40.3 Å². The summed E-state index contributed by atoms with van der Waals surface area (Å²) in [6.07, 6.45) is 5.59. The van der Waals surface area contributed by atoms with Crippen LogP contribution in [0.15, 0.2) is 4.99 Å². The van der Waals surface area contributed by atoms with Gasteiger partial charge in [-0.25, -0.2) is 4.99 Å². The number of likely N-dealkylation sites (N-methyl/N-ethyl adjacent to an activating group) is 1. The van der Waals surface area contributed by atoms with Crippen molar-refractivity contribution in [3.05, 3.63) is 0 Å². The molecule has 24 heavy (non-hydrogen) atoms. The summed E-state index contributed by atoms with van der Waals surface area (Å²) in [6, 6.07) is 0. The molecule has 0 radical (unpaired) electrons. The molecule has 140 valence electrons. The Balaban J connectivity index is 0.00000529. The molecule has 3 N–H and O–H groups in total. The molecule has 1 rings (SSSR count). The first-order chi connectivity index (χ1) is 11.0. The number of rotatable bonds is 7. The van der Waals surface area contributed by atoms with Gasteiger partial charge in [0.2, 0.25) is 11.8 Å². The molecule has 7 nitrogen and oxygen atoms in total. The summed E-state index contributed by atoms with van der Waals surface area (Å²) in [5, 5.41) is 9.18. The number of hydrogen-bond donors (Lipinski definition) is 3. The molecule has 0 bridgehead atoms. The summed E-state index contributed by atoms with van der Waals surface area (Å²) in [6.45, 7) is 3.94. The molecule has 0 aliphatic heterocycles. The summed E-state index contributed by atoms with van der Waals surface area (Å²) in [5.41, 5.74) is 0. The predicted octanol–water partition coefficient (Wildman–Crippen LogP) is 0.944. The van der Waals surface area contributed by atoms with Crippen molar-refractivity contribution in [1.29, 1.82) is 0 Å². The number of guanidine groups is 1. The Morgan fingerprint density at radius 3 is 2.25 bits per heavy atom. The molecule has 1 fully saturated rings. The van der Waals surface area contributed by atoms with Crippen molar-refractivity contribution in [3.63, 3.8) is 0 Å². The van der Waals surface area contributed by atoms with E-state index in [9.17, 15) is 9.59 Å². The molecular weight excluding hydrogens is 421 g/mol. The Morgan fingerprint density at radius 2 is 1.67 bits per heavy atom. The zero-order valence-corrected chi connectivity index (χ0v) is 17.4. The number of nitrogens with one attached hydrogen (secondary N) is 3. The summed E-state index contributed by atoms with van der Waals surface area (Å²) in [7, 11) is 3.41. The van der Waals surface area contributed by atoms with Crippen LogP contribution in [-0.2, 0) is 9.59 Å². The number of carbonyl (C=O) groups is 2. The number of nitrogens with zero attached hydrogens (tertiary/aromatic N) is 2. The summed E-state index contributed by atoms with van der Waals surface area (Å²) < 4.78 is 0. The van der Waals surface area contributed by atoms with Crippen LogP contribution >= 0.6 is 24.0 Å². The van der Waals surface area contributed by atoms with Crippen LogP contribution in [0.4, 0.5) is 0 Å². The van der Waals surface area contributed by atoms with E-state index < -0.39 is 0 Å². The lowest BCUT2D eigenvalue weighted by molar-refractivity contribution is -0.127. The second kappa shape index (κ2) is 13.3. The van der Waals surface area contributed by atoms with E-state index >= 15 is 0 Å². The topological polar surface area (TPSA) is 85.8 Å². The van der Waals surface area contributed by atoms with Crippen LogP contribution in [0, 0.1) is 5.92 Å². The first-order valence-electron chi connectivity index (χ1n) is 8.54. The van der Waals surface area contributed by atoms with E-state index in [2.05, 4.69) is 20.9 Å². The van der Waals surface area contributed by atoms with Gasteiger partial charge in [0.25, 0.3) is 0 Å². The molecule has 1 aliphatic rings. The van der Waals surface area contributed by atoms with Crippen molar-refractivity contribution in [3.8, 4) is 0 Å². The third-order valence-corrected chi connectivity index (χ3v) is 3.91. The third kappa shape index (κ3) is 9.29. The highest BCUT2D eigenvalue weighted by molar-refractivity contribution is 14.0. The largest absolute Gasteiger partial charge is 0.357 e. The molecule has 0 aromatic rings. The van der Waals surface area contributed by atoms with Gasteiger partial charge in [0, 0.05) is 39.6 Å². The van der Waals surface area contributed by atoms with E-state index in [1.54, 1.807) is 14.1 Å². The van der Waals surface area contributed by atoms with Crippen LogP contribution in [0.25, 0.3) is 0 Å². The molecule has 0 saturated heterocycles. The van der Waals surface area contributed by atoms with Crippen molar-refractivity contribution in [2.24, 2.45) is 10.9 Å². The van der Waals surface area contributed by atoms with E-state index in [0.29, 0.717) is 19.0 Å². The zero-order valence-electron chi connectivity index (χ0n) is 15.1. The van der Waals surface area contributed by atoms with Gasteiger partial charge in [-0.3, -0.25) is 9.59 Å². The van der Waals surface area contributed by atoms with E-state index in [0.717, 1.165) is 32.2 Å². The van der Waals surface area contributed by atoms with Gasteiger partial charge in [0.05, 0.1) is 0 Å². The molecule has 0 aromatic heterocycles. The lowest BCUT2D eigenvalue weighted by Crippen LogP contribution is -2.43. The van der Waals surface area contributed by atoms with E-state index in [1.165, 1.54) is 11.3 Å². The van der Waals surface area contributed by atoms with Gasteiger partial charge in [-0.1, -0.05) is 19.3 Å². The number of aliphatic imine (C=N–C) groups is 1. The smallest absolute Gasteiger partial charge is 0.243 e. The van der Waals surface area contributed by atoms with Crippen molar-refractivity contribution >= 4 is 41.8 Å². The van der Waals surface area contributed by atoms with Crippen molar-refractivity contribution < 1.29 is 9.59 Å². The van der Waals surface area contributed by atoms with Crippen LogP contribution in [0.2, 0.25) is 0 Å². The maximum atomic E-state index is 12.0. The molecular formula is C16H32IN5O2. The van der Waals surface area contributed by atoms with E-state index in [1.807, 2.05) is 6.92 Å². The molecule has 0 atom stereocenters. The van der Waals surface area contributed by atoms with Gasteiger partial charge in [0.1, 0.15) is 6.54 Å². The van der Waals surface area contributed by atoms with Gasteiger partial charge in [-0.15, -0.1) is 24.0 Å². The van der Waals surface area contributed by atoms with Gasteiger partial charge < -0.3 is 20.9 Å².